The molecule has 0 atom stereocenters. The fourth-order valence-corrected chi connectivity index (χ4v) is 1.80. The van der Waals surface area contributed by atoms with Crippen LogP contribution in [0.1, 0.15) is 5.56 Å². The first-order valence-electron chi connectivity index (χ1n) is 4.85. The lowest BCUT2D eigenvalue weighted by atomic mass is 10.0. The van der Waals surface area contributed by atoms with Gasteiger partial charge in [0.2, 0.25) is 0 Å². The molecule has 0 saturated carbocycles. The van der Waals surface area contributed by atoms with Crippen molar-refractivity contribution in [2.45, 2.75) is 13.5 Å². The number of alkyl halides is 2. The third-order valence-electron chi connectivity index (χ3n) is 2.41. The smallest absolute Gasteiger partial charge is 0.387 e. The standard InChI is InChI=1S/C12H9F3O2/c1-6-4-8(16)5-7-2-3-9(13)11(10(6)7)17-12(14)15/h2-5,12,16H,1H3. The summed E-state index contributed by atoms with van der Waals surface area (Å²) >= 11 is 0. The van der Waals surface area contributed by atoms with Crippen LogP contribution in [0.4, 0.5) is 13.2 Å². The minimum absolute atomic E-state index is 0.00962. The maximum Gasteiger partial charge on any atom is 0.387 e. The maximum absolute atomic E-state index is 13.4. The molecule has 0 aliphatic heterocycles. The van der Waals surface area contributed by atoms with E-state index in [0.717, 1.165) is 6.07 Å². The number of ether oxygens (including phenoxy) is 1. The van der Waals surface area contributed by atoms with Gasteiger partial charge in [0.15, 0.2) is 11.6 Å². The van der Waals surface area contributed by atoms with Crippen LogP contribution in [0.25, 0.3) is 10.8 Å². The first-order chi connectivity index (χ1) is 7.99. The van der Waals surface area contributed by atoms with Crippen LogP contribution < -0.4 is 4.74 Å². The Bertz CT molecular complexity index is 567. The number of fused-ring (bicyclic) bond motifs is 1. The van der Waals surface area contributed by atoms with Gasteiger partial charge in [-0.15, -0.1) is 0 Å². The first-order valence-corrected chi connectivity index (χ1v) is 4.85. The number of phenols is 1. The highest BCUT2D eigenvalue weighted by molar-refractivity contribution is 5.92. The van der Waals surface area contributed by atoms with Gasteiger partial charge in [-0.1, -0.05) is 6.07 Å². The summed E-state index contributed by atoms with van der Waals surface area (Å²) in [6.07, 6.45) is 0. The van der Waals surface area contributed by atoms with Gasteiger partial charge in [-0.3, -0.25) is 0 Å². The van der Waals surface area contributed by atoms with Crippen molar-refractivity contribution in [3.8, 4) is 11.5 Å². The van der Waals surface area contributed by atoms with Gasteiger partial charge in [-0.25, -0.2) is 4.39 Å². The minimum atomic E-state index is -3.09. The van der Waals surface area contributed by atoms with E-state index < -0.39 is 18.2 Å². The third-order valence-corrected chi connectivity index (χ3v) is 2.41. The summed E-state index contributed by atoms with van der Waals surface area (Å²) in [6.45, 7) is -1.51. The zero-order valence-electron chi connectivity index (χ0n) is 8.88. The second-order valence-corrected chi connectivity index (χ2v) is 3.62. The first kappa shape index (κ1) is 11.6. The topological polar surface area (TPSA) is 29.5 Å². The van der Waals surface area contributed by atoms with E-state index in [1.54, 1.807) is 6.92 Å². The number of aromatic hydroxyl groups is 1. The Morgan fingerprint density at radius 3 is 2.59 bits per heavy atom. The minimum Gasteiger partial charge on any atom is -0.508 e. The quantitative estimate of drug-likeness (QED) is 0.871. The molecule has 0 aliphatic rings. The number of aryl methyl sites for hydroxylation is 1. The Labute approximate surface area is 95.2 Å². The molecule has 2 aromatic carbocycles. The lowest BCUT2D eigenvalue weighted by Crippen LogP contribution is -2.04. The highest BCUT2D eigenvalue weighted by Crippen LogP contribution is 2.34. The lowest BCUT2D eigenvalue weighted by Gasteiger charge is -2.11. The molecule has 0 aromatic heterocycles. The van der Waals surface area contributed by atoms with Gasteiger partial charge in [-0.05, 0) is 36.1 Å². The summed E-state index contributed by atoms with van der Waals surface area (Å²) in [4.78, 5) is 0. The molecule has 0 aliphatic carbocycles. The van der Waals surface area contributed by atoms with Gasteiger partial charge in [0.1, 0.15) is 5.75 Å². The van der Waals surface area contributed by atoms with E-state index in [9.17, 15) is 18.3 Å². The molecule has 0 saturated heterocycles. The average Bonchev–Trinajstić information content (AvgIpc) is 2.21. The third kappa shape index (κ3) is 2.13. The van der Waals surface area contributed by atoms with Crippen LogP contribution in [-0.4, -0.2) is 11.7 Å². The summed E-state index contributed by atoms with van der Waals surface area (Å²) in [5.41, 5.74) is 0.468. The Balaban J connectivity index is 2.75. The van der Waals surface area contributed by atoms with Crippen molar-refractivity contribution in [3.05, 3.63) is 35.6 Å². The van der Waals surface area contributed by atoms with Crippen molar-refractivity contribution in [2.24, 2.45) is 0 Å². The van der Waals surface area contributed by atoms with Crippen molar-refractivity contribution in [2.75, 3.05) is 0 Å². The molecular formula is C12H9F3O2. The second-order valence-electron chi connectivity index (χ2n) is 3.62. The molecule has 2 aromatic rings. The zero-order valence-corrected chi connectivity index (χ0v) is 8.88. The van der Waals surface area contributed by atoms with Gasteiger partial charge in [0, 0.05) is 5.39 Å². The van der Waals surface area contributed by atoms with Crippen LogP contribution in [0.2, 0.25) is 0 Å². The monoisotopic (exact) mass is 242 g/mol. The normalized spacial score (nSPS) is 11.1. The maximum atomic E-state index is 13.4. The Morgan fingerprint density at radius 1 is 1.24 bits per heavy atom. The van der Waals surface area contributed by atoms with Gasteiger partial charge in [-0.2, -0.15) is 8.78 Å². The molecule has 0 unspecified atom stereocenters. The Morgan fingerprint density at radius 2 is 1.94 bits per heavy atom. The molecule has 0 radical (unpaired) electrons. The molecule has 0 amide bonds. The predicted molar refractivity (Wildman–Crippen MR) is 56.9 cm³/mol. The molecular weight excluding hydrogens is 233 g/mol. The van der Waals surface area contributed by atoms with Gasteiger partial charge in [0.25, 0.3) is 0 Å². The molecule has 2 rings (SSSR count). The highest BCUT2D eigenvalue weighted by atomic mass is 19.3. The van der Waals surface area contributed by atoms with Gasteiger partial charge < -0.3 is 9.84 Å². The van der Waals surface area contributed by atoms with E-state index in [2.05, 4.69) is 4.74 Å². The predicted octanol–water partition coefficient (Wildman–Crippen LogP) is 3.59. The van der Waals surface area contributed by atoms with E-state index in [1.807, 2.05) is 0 Å². The number of phenolic OH excluding ortho intramolecular Hbond substituents is 1. The second kappa shape index (κ2) is 4.16. The van der Waals surface area contributed by atoms with E-state index >= 15 is 0 Å². The summed E-state index contributed by atoms with van der Waals surface area (Å²) in [5, 5.41) is 10.1. The van der Waals surface area contributed by atoms with Crippen LogP contribution in [0, 0.1) is 12.7 Å². The molecule has 0 fully saturated rings. The van der Waals surface area contributed by atoms with E-state index in [1.165, 1.54) is 18.2 Å². The van der Waals surface area contributed by atoms with Crippen LogP contribution in [0.3, 0.4) is 0 Å². The van der Waals surface area contributed by atoms with Crippen molar-refractivity contribution in [3.63, 3.8) is 0 Å². The van der Waals surface area contributed by atoms with E-state index in [0.29, 0.717) is 10.9 Å². The summed E-state index contributed by atoms with van der Waals surface area (Å²) in [5.74, 6) is -1.36. The number of benzene rings is 2. The van der Waals surface area contributed by atoms with Crippen LogP contribution in [0.5, 0.6) is 11.5 Å². The number of hydrogen-bond donors (Lipinski definition) is 1. The lowest BCUT2D eigenvalue weighted by molar-refractivity contribution is -0.0510. The molecule has 0 heterocycles. The Kier molecular flexibility index (Phi) is 2.83. The molecule has 0 bridgehead atoms. The van der Waals surface area contributed by atoms with Crippen LogP contribution >= 0.6 is 0 Å². The SMILES string of the molecule is Cc1cc(O)cc2ccc(F)c(OC(F)F)c12. The summed E-state index contributed by atoms with van der Waals surface area (Å²) in [6, 6.07) is 5.15. The van der Waals surface area contributed by atoms with Crippen molar-refractivity contribution in [1.29, 1.82) is 0 Å². The van der Waals surface area contributed by atoms with E-state index in [4.69, 9.17) is 0 Å². The zero-order chi connectivity index (χ0) is 12.6. The highest BCUT2D eigenvalue weighted by Gasteiger charge is 2.15. The fourth-order valence-electron chi connectivity index (χ4n) is 1.80. The molecule has 0 spiro atoms. The molecule has 17 heavy (non-hydrogen) atoms. The molecule has 5 heteroatoms. The molecule has 1 N–H and O–H groups in total. The van der Waals surface area contributed by atoms with Crippen LogP contribution in [0.15, 0.2) is 24.3 Å². The summed E-state index contributed by atoms with van der Waals surface area (Å²) in [7, 11) is 0. The largest absolute Gasteiger partial charge is 0.508 e. The van der Waals surface area contributed by atoms with Crippen molar-refractivity contribution >= 4 is 10.8 Å². The van der Waals surface area contributed by atoms with E-state index in [-0.39, 0.29) is 11.1 Å². The number of halogens is 3. The number of rotatable bonds is 2. The average molecular weight is 242 g/mol. The molecule has 2 nitrogen and oxygen atoms in total. The van der Waals surface area contributed by atoms with Crippen molar-refractivity contribution < 1.29 is 23.0 Å². The van der Waals surface area contributed by atoms with Crippen molar-refractivity contribution in [1.82, 2.24) is 0 Å². The molecule has 90 valence electrons. The summed E-state index contributed by atoms with van der Waals surface area (Å²) < 4.78 is 42.0. The fraction of sp³-hybridized carbons (Fsp3) is 0.167. The van der Waals surface area contributed by atoms with Gasteiger partial charge in [0.05, 0.1) is 0 Å². The Hall–Kier alpha value is -1.91. The van der Waals surface area contributed by atoms with Gasteiger partial charge >= 0.3 is 6.61 Å². The number of hydrogen-bond acceptors (Lipinski definition) is 2. The van der Waals surface area contributed by atoms with Crippen LogP contribution in [-0.2, 0) is 0 Å².